The number of carbonyl (C=O) groups excluding carboxylic acids is 3. The number of ether oxygens (including phenoxy) is 1. The molecule has 0 bridgehead atoms. The van der Waals surface area contributed by atoms with Gasteiger partial charge in [-0.2, -0.15) is 0 Å². The molecule has 3 N–H and O–H groups in total. The number of phenols is 2. The van der Waals surface area contributed by atoms with Crippen molar-refractivity contribution in [2.24, 2.45) is 0 Å². The standard InChI is InChI=1S/C24H20FNO6/c1-10-20(29)18(12(3)27)22-19(21(10)30)24(4)16(32-22)9-15(28)17(23(24)31)11(2)26-14-7-5-13(25)6-8-14/h5-9,26,29-30H,1-4H3/b17-11+/t24-/m1/s1. The Labute approximate surface area is 182 Å². The molecule has 32 heavy (non-hydrogen) atoms. The molecule has 1 heterocycles. The summed E-state index contributed by atoms with van der Waals surface area (Å²) >= 11 is 0. The van der Waals surface area contributed by atoms with Crippen LogP contribution < -0.4 is 10.1 Å². The summed E-state index contributed by atoms with van der Waals surface area (Å²) in [5, 5.41) is 24.1. The van der Waals surface area contributed by atoms with Gasteiger partial charge in [0.15, 0.2) is 17.3 Å². The summed E-state index contributed by atoms with van der Waals surface area (Å²) in [5.74, 6) is -3.22. The number of aromatic hydroxyl groups is 2. The van der Waals surface area contributed by atoms with E-state index in [1.807, 2.05) is 0 Å². The fourth-order valence-electron chi connectivity index (χ4n) is 4.17. The Morgan fingerprint density at radius 3 is 2.31 bits per heavy atom. The van der Waals surface area contributed by atoms with Gasteiger partial charge in [-0.1, -0.05) is 0 Å². The lowest BCUT2D eigenvalue weighted by Crippen LogP contribution is -2.40. The molecule has 2 aromatic carbocycles. The lowest BCUT2D eigenvalue weighted by Gasteiger charge is -2.29. The number of anilines is 1. The highest BCUT2D eigenvalue weighted by Crippen LogP contribution is 2.57. The molecule has 1 atom stereocenters. The van der Waals surface area contributed by atoms with E-state index in [1.165, 1.54) is 52.0 Å². The first-order valence-corrected chi connectivity index (χ1v) is 9.81. The topological polar surface area (TPSA) is 113 Å². The minimum atomic E-state index is -1.59. The molecule has 7 nitrogen and oxygen atoms in total. The van der Waals surface area contributed by atoms with E-state index < -0.39 is 34.3 Å². The third-order valence-electron chi connectivity index (χ3n) is 5.94. The van der Waals surface area contributed by atoms with Gasteiger partial charge in [-0.15, -0.1) is 0 Å². The molecule has 0 saturated carbocycles. The zero-order chi connectivity index (χ0) is 23.5. The number of ketones is 3. The molecule has 0 radical (unpaired) electrons. The van der Waals surface area contributed by atoms with Crippen LogP contribution in [0.4, 0.5) is 10.1 Å². The molecular weight excluding hydrogens is 417 g/mol. The molecule has 0 unspecified atom stereocenters. The maximum Gasteiger partial charge on any atom is 0.194 e. The van der Waals surface area contributed by atoms with Crippen LogP contribution in [0.2, 0.25) is 0 Å². The Morgan fingerprint density at radius 1 is 1.09 bits per heavy atom. The van der Waals surface area contributed by atoms with Crippen LogP contribution in [0.15, 0.2) is 47.4 Å². The molecule has 2 aliphatic rings. The number of hydrogen-bond donors (Lipinski definition) is 3. The number of halogens is 1. The van der Waals surface area contributed by atoms with Crippen LogP contribution in [-0.2, 0) is 15.0 Å². The number of benzene rings is 2. The molecule has 0 aromatic heterocycles. The number of Topliss-reactive ketones (excluding diaryl/α,β-unsaturated/α-hetero) is 2. The molecular formula is C24H20FNO6. The van der Waals surface area contributed by atoms with Crippen LogP contribution in [0.5, 0.6) is 17.2 Å². The smallest absolute Gasteiger partial charge is 0.194 e. The first-order chi connectivity index (χ1) is 15.0. The molecule has 1 aliphatic carbocycles. The lowest BCUT2D eigenvalue weighted by molar-refractivity contribution is -0.123. The molecule has 0 amide bonds. The Hall–Kier alpha value is -3.94. The Balaban J connectivity index is 1.91. The Bertz CT molecular complexity index is 1290. The van der Waals surface area contributed by atoms with E-state index >= 15 is 0 Å². The van der Waals surface area contributed by atoms with Crippen LogP contribution in [0.1, 0.15) is 42.3 Å². The van der Waals surface area contributed by atoms with E-state index in [4.69, 9.17) is 4.74 Å². The van der Waals surface area contributed by atoms with Crippen LogP contribution in [-0.4, -0.2) is 27.6 Å². The van der Waals surface area contributed by atoms with Crippen molar-refractivity contribution in [3.63, 3.8) is 0 Å². The highest BCUT2D eigenvalue weighted by atomic mass is 19.1. The quantitative estimate of drug-likeness (QED) is 0.380. The van der Waals surface area contributed by atoms with E-state index in [-0.39, 0.29) is 45.2 Å². The van der Waals surface area contributed by atoms with Gasteiger partial charge in [0, 0.05) is 23.0 Å². The number of phenolic OH excluding ortho intramolecular Hbond substituents is 2. The van der Waals surface area contributed by atoms with Crippen molar-refractivity contribution in [3.8, 4) is 17.2 Å². The summed E-state index contributed by atoms with van der Waals surface area (Å²) in [4.78, 5) is 38.7. The normalized spacial score (nSPS) is 20.8. The van der Waals surface area contributed by atoms with Crippen LogP contribution in [0.25, 0.3) is 0 Å². The van der Waals surface area contributed by atoms with Gasteiger partial charge in [0.2, 0.25) is 0 Å². The van der Waals surface area contributed by atoms with Crippen molar-refractivity contribution in [1.82, 2.24) is 0 Å². The minimum absolute atomic E-state index is 0.0221. The summed E-state index contributed by atoms with van der Waals surface area (Å²) in [6.45, 7) is 5.67. The maximum absolute atomic E-state index is 13.7. The van der Waals surface area contributed by atoms with Crippen molar-refractivity contribution >= 4 is 23.0 Å². The summed E-state index contributed by atoms with van der Waals surface area (Å²) in [6.07, 6.45) is 1.14. The third kappa shape index (κ3) is 2.83. The zero-order valence-corrected chi connectivity index (χ0v) is 17.8. The first-order valence-electron chi connectivity index (χ1n) is 9.81. The predicted octanol–water partition coefficient (Wildman–Crippen LogP) is 3.82. The molecule has 0 saturated heterocycles. The van der Waals surface area contributed by atoms with E-state index in [0.717, 1.165) is 6.08 Å². The second kappa shape index (κ2) is 7.05. The molecule has 0 spiro atoms. The molecule has 4 rings (SSSR count). The van der Waals surface area contributed by atoms with Gasteiger partial charge in [0.1, 0.15) is 39.8 Å². The Kier molecular flexibility index (Phi) is 4.69. The molecule has 1 aliphatic heterocycles. The number of carbonyl (C=O) groups is 3. The van der Waals surface area contributed by atoms with Gasteiger partial charge in [-0.05, 0) is 52.0 Å². The Morgan fingerprint density at radius 2 is 1.72 bits per heavy atom. The van der Waals surface area contributed by atoms with Gasteiger partial charge in [-0.25, -0.2) is 4.39 Å². The second-order valence-corrected chi connectivity index (χ2v) is 8.02. The summed E-state index contributed by atoms with van der Waals surface area (Å²) < 4.78 is 18.9. The van der Waals surface area contributed by atoms with Crippen LogP contribution >= 0.6 is 0 Å². The average Bonchev–Trinajstić information content (AvgIpc) is 3.01. The highest BCUT2D eigenvalue weighted by Gasteiger charge is 2.56. The monoisotopic (exact) mass is 437 g/mol. The van der Waals surface area contributed by atoms with Crippen molar-refractivity contribution in [3.05, 3.63) is 69.9 Å². The van der Waals surface area contributed by atoms with E-state index in [2.05, 4.69) is 5.32 Å². The minimum Gasteiger partial charge on any atom is -0.507 e. The molecule has 2 aromatic rings. The number of hydrogen-bond acceptors (Lipinski definition) is 7. The summed E-state index contributed by atoms with van der Waals surface area (Å²) in [7, 11) is 0. The van der Waals surface area contributed by atoms with Gasteiger partial charge in [0.25, 0.3) is 0 Å². The van der Waals surface area contributed by atoms with Crippen molar-refractivity contribution < 1.29 is 33.7 Å². The van der Waals surface area contributed by atoms with E-state index in [1.54, 1.807) is 0 Å². The fraction of sp³-hybridized carbons (Fsp3) is 0.208. The van der Waals surface area contributed by atoms with Gasteiger partial charge in [-0.3, -0.25) is 14.4 Å². The van der Waals surface area contributed by atoms with Gasteiger partial charge in [0.05, 0.1) is 11.1 Å². The summed E-state index contributed by atoms with van der Waals surface area (Å²) in [6, 6.07) is 5.40. The lowest BCUT2D eigenvalue weighted by atomic mass is 9.70. The second-order valence-electron chi connectivity index (χ2n) is 8.02. The van der Waals surface area contributed by atoms with Crippen LogP contribution in [0, 0.1) is 12.7 Å². The van der Waals surface area contributed by atoms with Crippen molar-refractivity contribution in [1.29, 1.82) is 0 Å². The van der Waals surface area contributed by atoms with Gasteiger partial charge >= 0.3 is 0 Å². The molecule has 0 fully saturated rings. The van der Waals surface area contributed by atoms with Gasteiger partial charge < -0.3 is 20.3 Å². The zero-order valence-electron chi connectivity index (χ0n) is 17.8. The van der Waals surface area contributed by atoms with Crippen LogP contribution in [0.3, 0.4) is 0 Å². The number of allylic oxidation sites excluding steroid dienone is 4. The summed E-state index contributed by atoms with van der Waals surface area (Å²) in [5.41, 5.74) is -1.16. The van der Waals surface area contributed by atoms with Crippen molar-refractivity contribution in [2.45, 2.75) is 33.1 Å². The predicted molar refractivity (Wildman–Crippen MR) is 113 cm³/mol. The molecule has 164 valence electrons. The van der Waals surface area contributed by atoms with E-state index in [0.29, 0.717) is 5.69 Å². The SMILES string of the molecule is CC(=O)c1c(O)c(C)c(O)c2c1OC1=CC(=O)/C(=C(/C)Nc3ccc(F)cc3)C(=O)[C@]12C. The average molecular weight is 437 g/mol. The number of rotatable bonds is 3. The van der Waals surface area contributed by atoms with Crippen molar-refractivity contribution in [2.75, 3.05) is 5.32 Å². The van der Waals surface area contributed by atoms with E-state index in [9.17, 15) is 29.0 Å². The molecule has 8 heteroatoms. The fourth-order valence-corrected chi connectivity index (χ4v) is 4.17. The third-order valence-corrected chi connectivity index (χ3v) is 5.94. The highest BCUT2D eigenvalue weighted by molar-refractivity contribution is 6.31. The number of nitrogens with one attached hydrogen (secondary N) is 1. The maximum atomic E-state index is 13.7. The largest absolute Gasteiger partial charge is 0.507 e. The number of fused-ring (bicyclic) bond motifs is 3. The first kappa shape index (κ1) is 21.3.